The summed E-state index contributed by atoms with van der Waals surface area (Å²) in [5.41, 5.74) is 3.19. The van der Waals surface area contributed by atoms with Crippen LogP contribution in [0.5, 0.6) is 0 Å². The quantitative estimate of drug-likeness (QED) is 0.626. The van der Waals surface area contributed by atoms with Crippen molar-refractivity contribution >= 4 is 23.6 Å². The first-order valence-electron chi connectivity index (χ1n) is 7.63. The minimum atomic E-state index is -2.85. The SMILES string of the molecule is Cc1c(C)c(C)c2c(c1C)C(=O)N(C1(F)CCC(=O)NC1=O)C2=O. The van der Waals surface area contributed by atoms with Crippen molar-refractivity contribution in [1.82, 2.24) is 10.2 Å². The molecule has 1 aromatic rings. The first kappa shape index (κ1) is 16.3. The molecule has 0 aliphatic carbocycles. The van der Waals surface area contributed by atoms with Gasteiger partial charge in [0.2, 0.25) is 5.91 Å². The molecule has 3 rings (SSSR count). The number of rotatable bonds is 1. The standard InChI is InChI=1S/C17H17FN2O4/c1-7-8(2)10(4)13-12(9(7)3)14(22)20(15(13)23)17(18)6-5-11(21)19-16(17)24/h5-6H2,1-4H3,(H,19,21,24). The zero-order chi connectivity index (χ0) is 18.0. The summed E-state index contributed by atoms with van der Waals surface area (Å²) in [6.45, 7) is 7.06. The number of hydrogen-bond donors (Lipinski definition) is 1. The van der Waals surface area contributed by atoms with Gasteiger partial charge in [0, 0.05) is 12.8 Å². The molecular formula is C17H17FN2O4. The first-order chi connectivity index (χ1) is 11.1. The van der Waals surface area contributed by atoms with E-state index in [1.165, 1.54) is 0 Å². The normalized spacial score (nSPS) is 23.6. The van der Waals surface area contributed by atoms with Gasteiger partial charge in [-0.05, 0) is 49.9 Å². The highest BCUT2D eigenvalue weighted by Gasteiger charge is 2.57. The Hall–Kier alpha value is -2.57. The van der Waals surface area contributed by atoms with Crippen molar-refractivity contribution in [3.05, 3.63) is 33.4 Å². The van der Waals surface area contributed by atoms with Crippen LogP contribution in [0.3, 0.4) is 0 Å². The smallest absolute Gasteiger partial charge is 0.285 e. The number of hydrogen-bond acceptors (Lipinski definition) is 4. The predicted octanol–water partition coefficient (Wildman–Crippen LogP) is 1.62. The fourth-order valence-electron chi connectivity index (χ4n) is 3.38. The molecule has 126 valence electrons. The fourth-order valence-corrected chi connectivity index (χ4v) is 3.38. The van der Waals surface area contributed by atoms with Crippen molar-refractivity contribution < 1.29 is 23.6 Å². The van der Waals surface area contributed by atoms with Crippen LogP contribution < -0.4 is 5.32 Å². The average molecular weight is 332 g/mol. The third kappa shape index (κ3) is 1.87. The van der Waals surface area contributed by atoms with E-state index in [1.807, 2.05) is 19.2 Å². The van der Waals surface area contributed by atoms with Gasteiger partial charge in [-0.15, -0.1) is 0 Å². The molecule has 0 aromatic heterocycles. The molecule has 0 radical (unpaired) electrons. The molecule has 24 heavy (non-hydrogen) atoms. The average Bonchev–Trinajstić information content (AvgIpc) is 2.79. The Morgan fingerprint density at radius 1 is 0.875 bits per heavy atom. The van der Waals surface area contributed by atoms with E-state index in [-0.39, 0.29) is 17.5 Å². The van der Waals surface area contributed by atoms with Crippen molar-refractivity contribution in [2.75, 3.05) is 0 Å². The van der Waals surface area contributed by atoms with E-state index in [4.69, 9.17) is 0 Å². The maximum atomic E-state index is 15.3. The summed E-state index contributed by atoms with van der Waals surface area (Å²) in [6.07, 6.45) is -0.801. The molecule has 2 aliphatic heterocycles. The van der Waals surface area contributed by atoms with Crippen LogP contribution in [0.1, 0.15) is 55.8 Å². The minimum absolute atomic E-state index is 0.141. The molecule has 2 heterocycles. The summed E-state index contributed by atoms with van der Waals surface area (Å²) in [6, 6.07) is 0. The predicted molar refractivity (Wildman–Crippen MR) is 82.1 cm³/mol. The van der Waals surface area contributed by atoms with Gasteiger partial charge in [0.25, 0.3) is 23.5 Å². The Labute approximate surface area is 138 Å². The number of alkyl halides is 1. The third-order valence-electron chi connectivity index (χ3n) is 5.16. The largest absolute Gasteiger partial charge is 0.292 e. The Kier molecular flexibility index (Phi) is 3.37. The van der Waals surface area contributed by atoms with Gasteiger partial charge in [-0.1, -0.05) is 0 Å². The lowest BCUT2D eigenvalue weighted by Gasteiger charge is -2.34. The number of halogens is 1. The minimum Gasteiger partial charge on any atom is -0.292 e. The topological polar surface area (TPSA) is 83.6 Å². The summed E-state index contributed by atoms with van der Waals surface area (Å²) in [7, 11) is 0. The number of fused-ring (bicyclic) bond motifs is 1. The van der Waals surface area contributed by atoms with Crippen LogP contribution >= 0.6 is 0 Å². The van der Waals surface area contributed by atoms with Crippen LogP contribution in [0.15, 0.2) is 0 Å². The lowest BCUT2D eigenvalue weighted by atomic mass is 9.90. The molecule has 1 saturated heterocycles. The second-order valence-corrected chi connectivity index (χ2v) is 6.33. The van der Waals surface area contributed by atoms with Crippen molar-refractivity contribution in [2.24, 2.45) is 0 Å². The van der Waals surface area contributed by atoms with Crippen LogP contribution in [0.25, 0.3) is 0 Å². The van der Waals surface area contributed by atoms with E-state index in [2.05, 4.69) is 0 Å². The van der Waals surface area contributed by atoms with Crippen LogP contribution in [0.2, 0.25) is 0 Å². The van der Waals surface area contributed by atoms with E-state index in [1.54, 1.807) is 13.8 Å². The van der Waals surface area contributed by atoms with Gasteiger partial charge >= 0.3 is 0 Å². The molecular weight excluding hydrogens is 315 g/mol. The molecule has 1 N–H and O–H groups in total. The Morgan fingerprint density at radius 2 is 1.33 bits per heavy atom. The van der Waals surface area contributed by atoms with Crippen molar-refractivity contribution in [2.45, 2.75) is 46.3 Å². The van der Waals surface area contributed by atoms with Crippen LogP contribution in [0, 0.1) is 27.7 Å². The number of piperidine rings is 1. The van der Waals surface area contributed by atoms with Crippen LogP contribution in [-0.4, -0.2) is 34.3 Å². The highest BCUT2D eigenvalue weighted by Crippen LogP contribution is 2.39. The van der Waals surface area contributed by atoms with Gasteiger partial charge < -0.3 is 0 Å². The molecule has 4 amide bonds. The lowest BCUT2D eigenvalue weighted by molar-refractivity contribution is -0.151. The van der Waals surface area contributed by atoms with Crippen molar-refractivity contribution in [3.63, 3.8) is 0 Å². The fraction of sp³-hybridized carbons (Fsp3) is 0.412. The number of carbonyl (C=O) groups excluding carboxylic acids is 4. The van der Waals surface area contributed by atoms with Gasteiger partial charge in [0.15, 0.2) is 0 Å². The monoisotopic (exact) mass is 332 g/mol. The van der Waals surface area contributed by atoms with Gasteiger partial charge in [0.1, 0.15) is 0 Å². The Balaban J connectivity index is 2.18. The van der Waals surface area contributed by atoms with Crippen LogP contribution in [0.4, 0.5) is 4.39 Å². The molecule has 0 saturated carbocycles. The molecule has 7 heteroatoms. The highest BCUT2D eigenvalue weighted by atomic mass is 19.1. The summed E-state index contributed by atoms with van der Waals surface area (Å²) >= 11 is 0. The number of nitrogens with zero attached hydrogens (tertiary/aromatic N) is 1. The van der Waals surface area contributed by atoms with Gasteiger partial charge in [-0.2, -0.15) is 0 Å². The second-order valence-electron chi connectivity index (χ2n) is 6.33. The molecule has 2 aliphatic rings. The Morgan fingerprint density at radius 3 is 1.75 bits per heavy atom. The molecule has 0 bridgehead atoms. The molecule has 0 spiro atoms. The van der Waals surface area contributed by atoms with E-state index in [0.717, 1.165) is 11.1 Å². The maximum Gasteiger partial charge on any atom is 0.285 e. The third-order valence-corrected chi connectivity index (χ3v) is 5.16. The summed E-state index contributed by atoms with van der Waals surface area (Å²) in [4.78, 5) is 49.2. The van der Waals surface area contributed by atoms with Crippen molar-refractivity contribution in [1.29, 1.82) is 0 Å². The highest BCUT2D eigenvalue weighted by molar-refractivity contribution is 6.25. The van der Waals surface area contributed by atoms with E-state index < -0.39 is 35.8 Å². The van der Waals surface area contributed by atoms with E-state index in [0.29, 0.717) is 16.0 Å². The van der Waals surface area contributed by atoms with Gasteiger partial charge in [0.05, 0.1) is 11.1 Å². The van der Waals surface area contributed by atoms with Gasteiger partial charge in [-0.25, -0.2) is 9.29 Å². The molecule has 1 fully saturated rings. The van der Waals surface area contributed by atoms with E-state index in [9.17, 15) is 19.2 Å². The number of nitrogens with one attached hydrogen (secondary N) is 1. The zero-order valence-electron chi connectivity index (χ0n) is 13.9. The molecule has 1 atom stereocenters. The number of benzene rings is 1. The van der Waals surface area contributed by atoms with E-state index >= 15 is 4.39 Å². The number of carbonyl (C=O) groups is 4. The number of imide groups is 2. The number of amides is 4. The maximum absolute atomic E-state index is 15.3. The molecule has 6 nitrogen and oxygen atoms in total. The zero-order valence-corrected chi connectivity index (χ0v) is 13.9. The Bertz CT molecular complexity index is 799. The van der Waals surface area contributed by atoms with Crippen molar-refractivity contribution in [3.8, 4) is 0 Å². The molecule has 1 unspecified atom stereocenters. The van der Waals surface area contributed by atoms with Gasteiger partial charge in [-0.3, -0.25) is 24.5 Å². The second kappa shape index (κ2) is 4.96. The van der Waals surface area contributed by atoms with Crippen LogP contribution in [-0.2, 0) is 9.59 Å². The molecule has 1 aromatic carbocycles. The first-order valence-corrected chi connectivity index (χ1v) is 7.63. The summed E-state index contributed by atoms with van der Waals surface area (Å²) < 4.78 is 15.3. The summed E-state index contributed by atoms with van der Waals surface area (Å²) in [5, 5.41) is 1.87. The summed E-state index contributed by atoms with van der Waals surface area (Å²) in [5.74, 6) is -6.39. The lowest BCUT2D eigenvalue weighted by Crippen LogP contribution is -2.62.